The molecule has 0 radical (unpaired) electrons. The lowest BCUT2D eigenvalue weighted by atomic mass is 10.2. The van der Waals surface area contributed by atoms with Crippen LogP contribution in [0.1, 0.15) is 6.42 Å². The van der Waals surface area contributed by atoms with Crippen LogP contribution in [0.5, 0.6) is 0 Å². The molecule has 1 fully saturated rings. The Bertz CT molecular complexity index is 601. The summed E-state index contributed by atoms with van der Waals surface area (Å²) in [6.45, 7) is 1.48. The SMILES string of the molecule is CN(C)C[C@H]1C[C@@H](O)CN1c1cc(Nc2cn[nH]c2)ncn1. The Morgan fingerprint density at radius 2 is 2.32 bits per heavy atom. The Hall–Kier alpha value is -2.19. The fourth-order valence-electron chi connectivity index (χ4n) is 2.81. The normalized spacial score (nSPS) is 21.5. The molecule has 2 atom stereocenters. The second-order valence-corrected chi connectivity index (χ2v) is 5.83. The van der Waals surface area contributed by atoms with Gasteiger partial charge in [-0.15, -0.1) is 0 Å². The fourth-order valence-corrected chi connectivity index (χ4v) is 2.81. The van der Waals surface area contributed by atoms with Gasteiger partial charge in [0.05, 0.1) is 18.0 Å². The molecule has 0 bridgehead atoms. The average Bonchev–Trinajstić information content (AvgIpc) is 3.08. The standard InChI is InChI=1S/C14H21N7O/c1-20(2)7-11-3-12(22)8-21(11)14-4-13(15-9-16-14)19-10-5-17-18-6-10/h4-6,9,11-12,22H,3,7-8H2,1-2H3,(H,17,18)(H,15,16,19)/t11-,12-/m1/s1. The number of likely N-dealkylation sites (N-methyl/N-ethyl adjacent to an activating group) is 1. The molecule has 8 heteroatoms. The van der Waals surface area contributed by atoms with Gasteiger partial charge in [0, 0.05) is 31.4 Å². The van der Waals surface area contributed by atoms with E-state index in [-0.39, 0.29) is 12.1 Å². The molecule has 2 aromatic rings. The second kappa shape index (κ2) is 6.29. The van der Waals surface area contributed by atoms with Gasteiger partial charge < -0.3 is 20.2 Å². The zero-order valence-electron chi connectivity index (χ0n) is 12.8. The number of aromatic amines is 1. The monoisotopic (exact) mass is 303 g/mol. The highest BCUT2D eigenvalue weighted by molar-refractivity contribution is 5.58. The van der Waals surface area contributed by atoms with Crippen molar-refractivity contribution in [3.63, 3.8) is 0 Å². The molecule has 0 saturated carbocycles. The van der Waals surface area contributed by atoms with E-state index in [0.29, 0.717) is 12.4 Å². The summed E-state index contributed by atoms with van der Waals surface area (Å²) in [6.07, 6.45) is 5.43. The molecule has 2 aromatic heterocycles. The summed E-state index contributed by atoms with van der Waals surface area (Å²) in [5.74, 6) is 1.53. The van der Waals surface area contributed by atoms with E-state index in [1.54, 1.807) is 12.4 Å². The van der Waals surface area contributed by atoms with Crippen LogP contribution in [0.3, 0.4) is 0 Å². The number of rotatable bonds is 5. The van der Waals surface area contributed by atoms with E-state index in [1.165, 1.54) is 6.33 Å². The summed E-state index contributed by atoms with van der Waals surface area (Å²) in [7, 11) is 4.07. The summed E-state index contributed by atoms with van der Waals surface area (Å²) >= 11 is 0. The van der Waals surface area contributed by atoms with Gasteiger partial charge in [-0.25, -0.2) is 9.97 Å². The highest BCUT2D eigenvalue weighted by Crippen LogP contribution is 2.26. The minimum atomic E-state index is -0.315. The van der Waals surface area contributed by atoms with Crippen LogP contribution in [-0.4, -0.2) is 69.5 Å². The number of aliphatic hydroxyl groups excluding tert-OH is 1. The van der Waals surface area contributed by atoms with Crippen molar-refractivity contribution in [1.29, 1.82) is 0 Å². The minimum Gasteiger partial charge on any atom is -0.391 e. The molecule has 3 heterocycles. The molecular formula is C14H21N7O. The molecule has 0 aromatic carbocycles. The summed E-state index contributed by atoms with van der Waals surface area (Å²) in [5, 5.41) is 19.8. The lowest BCUT2D eigenvalue weighted by molar-refractivity contribution is 0.191. The van der Waals surface area contributed by atoms with Gasteiger partial charge in [0.2, 0.25) is 0 Å². The molecule has 1 saturated heterocycles. The van der Waals surface area contributed by atoms with Gasteiger partial charge in [0.1, 0.15) is 18.0 Å². The lowest BCUT2D eigenvalue weighted by Gasteiger charge is -2.27. The third kappa shape index (κ3) is 3.34. The third-order valence-corrected chi connectivity index (χ3v) is 3.69. The maximum Gasteiger partial charge on any atom is 0.135 e. The van der Waals surface area contributed by atoms with E-state index in [0.717, 1.165) is 24.5 Å². The van der Waals surface area contributed by atoms with E-state index in [2.05, 4.69) is 35.3 Å². The molecule has 1 aliphatic rings. The molecule has 1 aliphatic heterocycles. The first-order chi connectivity index (χ1) is 10.6. The average molecular weight is 303 g/mol. The van der Waals surface area contributed by atoms with Crippen molar-refractivity contribution in [2.45, 2.75) is 18.6 Å². The van der Waals surface area contributed by atoms with Gasteiger partial charge in [-0.05, 0) is 20.5 Å². The van der Waals surface area contributed by atoms with Crippen molar-refractivity contribution in [3.05, 3.63) is 24.8 Å². The maximum absolute atomic E-state index is 9.99. The molecule has 3 rings (SSSR count). The number of hydrogen-bond donors (Lipinski definition) is 3. The summed E-state index contributed by atoms with van der Waals surface area (Å²) in [4.78, 5) is 12.9. The smallest absolute Gasteiger partial charge is 0.135 e. The van der Waals surface area contributed by atoms with E-state index < -0.39 is 0 Å². The number of aliphatic hydroxyl groups is 1. The Kier molecular flexibility index (Phi) is 4.21. The Morgan fingerprint density at radius 3 is 3.05 bits per heavy atom. The van der Waals surface area contributed by atoms with Gasteiger partial charge in [0.15, 0.2) is 0 Å². The van der Waals surface area contributed by atoms with Crippen molar-refractivity contribution in [2.75, 3.05) is 37.4 Å². The minimum absolute atomic E-state index is 0.252. The van der Waals surface area contributed by atoms with Crippen LogP contribution >= 0.6 is 0 Å². The molecule has 22 heavy (non-hydrogen) atoms. The molecule has 0 amide bonds. The van der Waals surface area contributed by atoms with Crippen LogP contribution < -0.4 is 10.2 Å². The second-order valence-electron chi connectivity index (χ2n) is 5.83. The van der Waals surface area contributed by atoms with E-state index in [1.807, 2.05) is 20.2 Å². The number of H-pyrrole nitrogens is 1. The van der Waals surface area contributed by atoms with E-state index >= 15 is 0 Å². The molecule has 0 spiro atoms. The van der Waals surface area contributed by atoms with Crippen molar-refractivity contribution in [3.8, 4) is 0 Å². The number of β-amino-alcohol motifs (C(OH)–C–C–N with tert-alkyl or cyclic N) is 1. The first-order valence-electron chi connectivity index (χ1n) is 7.29. The zero-order chi connectivity index (χ0) is 15.5. The predicted molar refractivity (Wildman–Crippen MR) is 84.2 cm³/mol. The van der Waals surface area contributed by atoms with E-state index in [4.69, 9.17) is 0 Å². The van der Waals surface area contributed by atoms with Crippen LogP contribution in [0.25, 0.3) is 0 Å². The predicted octanol–water partition coefficient (Wildman–Crippen LogP) is 0.444. The molecule has 0 aliphatic carbocycles. The van der Waals surface area contributed by atoms with Gasteiger partial charge in [0.25, 0.3) is 0 Å². The molecule has 3 N–H and O–H groups in total. The van der Waals surface area contributed by atoms with Crippen LogP contribution in [0, 0.1) is 0 Å². The molecule has 0 unspecified atom stereocenters. The highest BCUT2D eigenvalue weighted by Gasteiger charge is 2.32. The van der Waals surface area contributed by atoms with Gasteiger partial charge in [-0.2, -0.15) is 5.10 Å². The number of anilines is 3. The summed E-state index contributed by atoms with van der Waals surface area (Å²) in [6, 6.07) is 2.15. The summed E-state index contributed by atoms with van der Waals surface area (Å²) < 4.78 is 0. The number of hydrogen-bond acceptors (Lipinski definition) is 7. The number of nitrogens with one attached hydrogen (secondary N) is 2. The Labute approximate surface area is 129 Å². The van der Waals surface area contributed by atoms with Crippen LogP contribution in [-0.2, 0) is 0 Å². The van der Waals surface area contributed by atoms with Gasteiger partial charge >= 0.3 is 0 Å². The molecule has 8 nitrogen and oxygen atoms in total. The molecule has 118 valence electrons. The van der Waals surface area contributed by atoms with Crippen LogP contribution in [0.4, 0.5) is 17.3 Å². The van der Waals surface area contributed by atoms with Gasteiger partial charge in [-0.1, -0.05) is 0 Å². The quantitative estimate of drug-likeness (QED) is 0.738. The Morgan fingerprint density at radius 1 is 1.45 bits per heavy atom. The molecular weight excluding hydrogens is 282 g/mol. The van der Waals surface area contributed by atoms with Gasteiger partial charge in [-0.3, -0.25) is 5.10 Å². The maximum atomic E-state index is 9.99. The number of nitrogens with zero attached hydrogens (tertiary/aromatic N) is 5. The summed E-state index contributed by atoms with van der Waals surface area (Å²) in [5.41, 5.74) is 0.843. The van der Waals surface area contributed by atoms with Crippen molar-refractivity contribution in [1.82, 2.24) is 25.1 Å². The topological polar surface area (TPSA) is 93.2 Å². The highest BCUT2D eigenvalue weighted by atomic mass is 16.3. The first-order valence-corrected chi connectivity index (χ1v) is 7.29. The Balaban J connectivity index is 1.78. The largest absolute Gasteiger partial charge is 0.391 e. The fraction of sp³-hybridized carbons (Fsp3) is 0.500. The van der Waals surface area contributed by atoms with Crippen molar-refractivity contribution < 1.29 is 5.11 Å². The third-order valence-electron chi connectivity index (χ3n) is 3.69. The van der Waals surface area contributed by atoms with E-state index in [9.17, 15) is 5.11 Å². The van der Waals surface area contributed by atoms with Crippen LogP contribution in [0.15, 0.2) is 24.8 Å². The van der Waals surface area contributed by atoms with Crippen LogP contribution in [0.2, 0.25) is 0 Å². The first kappa shape index (κ1) is 14.7. The van der Waals surface area contributed by atoms with Crippen molar-refractivity contribution in [2.24, 2.45) is 0 Å². The van der Waals surface area contributed by atoms with Crippen molar-refractivity contribution >= 4 is 17.3 Å². The zero-order valence-corrected chi connectivity index (χ0v) is 12.8. The lowest BCUT2D eigenvalue weighted by Crippen LogP contribution is -2.38. The number of aromatic nitrogens is 4.